The lowest BCUT2D eigenvalue weighted by atomic mass is 10.1. The van der Waals surface area contributed by atoms with Crippen molar-refractivity contribution < 1.29 is 4.79 Å². The number of nitrogens with zero attached hydrogens (tertiary/aromatic N) is 2. The van der Waals surface area contributed by atoms with Crippen molar-refractivity contribution in [2.75, 3.05) is 0 Å². The zero-order valence-corrected chi connectivity index (χ0v) is 16.3. The molecule has 140 valence electrons. The minimum atomic E-state index is -0.201. The third-order valence-corrected chi connectivity index (χ3v) is 5.35. The molecule has 1 N–H and O–H groups in total. The van der Waals surface area contributed by atoms with Gasteiger partial charge >= 0.3 is 0 Å². The van der Waals surface area contributed by atoms with Crippen molar-refractivity contribution in [1.82, 2.24) is 10.3 Å². The number of carbonyl (C=O) groups excluding carboxylic acids is 1. The smallest absolute Gasteiger partial charge is 0.251 e. The van der Waals surface area contributed by atoms with Crippen LogP contribution in [0.15, 0.2) is 84.2 Å². The Balaban J connectivity index is 1.47. The quantitative estimate of drug-likeness (QED) is 0.500. The van der Waals surface area contributed by atoms with Gasteiger partial charge in [-0.05, 0) is 29.8 Å². The van der Waals surface area contributed by atoms with Crippen LogP contribution in [0.25, 0.3) is 21.8 Å². The summed E-state index contributed by atoms with van der Waals surface area (Å²) < 4.78 is 0. The van der Waals surface area contributed by atoms with Crippen LogP contribution in [0.5, 0.6) is 0 Å². The predicted octanol–water partition coefficient (Wildman–Crippen LogP) is 5.28. The van der Waals surface area contributed by atoms with E-state index >= 15 is 0 Å². The van der Waals surface area contributed by atoms with Gasteiger partial charge in [-0.25, -0.2) is 4.98 Å². The molecule has 0 spiro atoms. The lowest BCUT2D eigenvalue weighted by molar-refractivity contribution is 0.0951. The molecule has 0 aliphatic rings. The topological polar surface area (TPSA) is 65.8 Å². The van der Waals surface area contributed by atoms with Crippen LogP contribution in [0.1, 0.15) is 21.5 Å². The molecule has 1 aromatic heterocycles. The summed E-state index contributed by atoms with van der Waals surface area (Å²) >= 11 is 1.60. The number of amides is 1. The minimum absolute atomic E-state index is 0.201. The molecule has 0 saturated carbocycles. The number of hydrogen-bond donors (Lipinski definition) is 1. The highest BCUT2D eigenvalue weighted by molar-refractivity contribution is 7.13. The molecular formula is C24H17N3OS. The monoisotopic (exact) mass is 395 g/mol. The van der Waals surface area contributed by atoms with Gasteiger partial charge in [-0.3, -0.25) is 4.79 Å². The van der Waals surface area contributed by atoms with Gasteiger partial charge in [0.15, 0.2) is 0 Å². The number of rotatable bonds is 5. The minimum Gasteiger partial charge on any atom is -0.348 e. The third-order valence-electron chi connectivity index (χ3n) is 4.45. The first-order chi connectivity index (χ1) is 14.2. The number of nitrogens with one attached hydrogen (secondary N) is 1. The van der Waals surface area contributed by atoms with Gasteiger partial charge in [0.2, 0.25) is 0 Å². The van der Waals surface area contributed by atoms with Crippen LogP contribution in [0.3, 0.4) is 0 Å². The van der Waals surface area contributed by atoms with Crippen molar-refractivity contribution in [3.8, 4) is 27.9 Å². The van der Waals surface area contributed by atoms with Gasteiger partial charge in [-0.2, -0.15) is 5.26 Å². The van der Waals surface area contributed by atoms with Gasteiger partial charge in [-0.1, -0.05) is 54.6 Å². The van der Waals surface area contributed by atoms with Crippen LogP contribution in [0, 0.1) is 11.3 Å². The van der Waals surface area contributed by atoms with Crippen LogP contribution < -0.4 is 5.32 Å². The number of benzene rings is 3. The standard InChI is InChI=1S/C24H17N3OS/c25-14-17-6-4-10-20(12-17)23(28)26-15-18-7-5-11-21(13-18)24-27-22(16-29-24)19-8-2-1-3-9-19/h1-13,16H,15H2,(H,26,28). The SMILES string of the molecule is N#Cc1cccc(C(=O)NCc2cccc(-c3nc(-c4ccccc4)cs3)c2)c1. The fourth-order valence-corrected chi connectivity index (χ4v) is 3.80. The van der Waals surface area contributed by atoms with E-state index in [0.717, 1.165) is 27.4 Å². The highest BCUT2D eigenvalue weighted by Crippen LogP contribution is 2.29. The Morgan fingerprint density at radius 2 is 1.76 bits per heavy atom. The molecule has 3 aromatic carbocycles. The molecule has 5 heteroatoms. The maximum Gasteiger partial charge on any atom is 0.251 e. The van der Waals surface area contributed by atoms with Gasteiger partial charge in [-0.15, -0.1) is 11.3 Å². The summed E-state index contributed by atoms with van der Waals surface area (Å²) in [5.41, 5.74) is 5.02. The van der Waals surface area contributed by atoms with E-state index < -0.39 is 0 Å². The van der Waals surface area contributed by atoms with Crippen molar-refractivity contribution in [2.45, 2.75) is 6.54 Å². The number of nitriles is 1. The molecule has 0 aliphatic heterocycles. The van der Waals surface area contributed by atoms with E-state index in [2.05, 4.69) is 10.7 Å². The maximum atomic E-state index is 12.4. The van der Waals surface area contributed by atoms with Crippen molar-refractivity contribution >= 4 is 17.2 Å². The molecule has 1 heterocycles. The summed E-state index contributed by atoms with van der Waals surface area (Å²) in [6.07, 6.45) is 0. The summed E-state index contributed by atoms with van der Waals surface area (Å²) in [5.74, 6) is -0.201. The second-order valence-corrected chi connectivity index (χ2v) is 7.34. The Morgan fingerprint density at radius 3 is 2.59 bits per heavy atom. The molecule has 0 fully saturated rings. The van der Waals surface area contributed by atoms with Crippen molar-refractivity contribution in [2.24, 2.45) is 0 Å². The first-order valence-electron chi connectivity index (χ1n) is 9.11. The average Bonchev–Trinajstić information content (AvgIpc) is 3.29. The Kier molecular flexibility index (Phi) is 5.46. The number of carbonyl (C=O) groups is 1. The van der Waals surface area contributed by atoms with Gasteiger partial charge < -0.3 is 5.32 Å². The van der Waals surface area contributed by atoms with Crippen LogP contribution in [0.2, 0.25) is 0 Å². The summed E-state index contributed by atoms with van der Waals surface area (Å²) in [6, 6.07) is 26.8. The van der Waals surface area contributed by atoms with Gasteiger partial charge in [0.1, 0.15) is 5.01 Å². The summed E-state index contributed by atoms with van der Waals surface area (Å²) in [7, 11) is 0. The molecule has 0 bridgehead atoms. The van der Waals surface area contributed by atoms with Crippen LogP contribution in [0.4, 0.5) is 0 Å². The summed E-state index contributed by atoms with van der Waals surface area (Å²) in [6.45, 7) is 0.403. The second kappa shape index (κ2) is 8.51. The Hall–Kier alpha value is -3.75. The van der Waals surface area contributed by atoms with Gasteiger partial charge in [0.05, 0.1) is 17.3 Å². The molecule has 0 radical (unpaired) electrons. The molecule has 0 atom stereocenters. The Labute approximate surface area is 173 Å². The number of thiazole rings is 1. The van der Waals surface area contributed by atoms with Crippen molar-refractivity contribution in [1.29, 1.82) is 5.26 Å². The molecule has 0 aliphatic carbocycles. The molecule has 29 heavy (non-hydrogen) atoms. The Morgan fingerprint density at radius 1 is 0.966 bits per heavy atom. The van der Waals surface area contributed by atoms with Crippen molar-refractivity contribution in [3.63, 3.8) is 0 Å². The third kappa shape index (κ3) is 4.40. The molecule has 4 rings (SSSR count). The number of aromatic nitrogens is 1. The van der Waals surface area contributed by atoms with Crippen LogP contribution in [-0.4, -0.2) is 10.9 Å². The largest absolute Gasteiger partial charge is 0.348 e. The predicted molar refractivity (Wildman–Crippen MR) is 115 cm³/mol. The lowest BCUT2D eigenvalue weighted by Gasteiger charge is -2.07. The van der Waals surface area contributed by atoms with Gasteiger partial charge in [0, 0.05) is 28.6 Å². The summed E-state index contributed by atoms with van der Waals surface area (Å²) in [4.78, 5) is 17.1. The molecule has 1 amide bonds. The Bertz CT molecular complexity index is 1190. The van der Waals surface area contributed by atoms with E-state index in [0.29, 0.717) is 17.7 Å². The maximum absolute atomic E-state index is 12.4. The first-order valence-corrected chi connectivity index (χ1v) is 9.99. The second-order valence-electron chi connectivity index (χ2n) is 6.48. The first kappa shape index (κ1) is 18.6. The van der Waals surface area contributed by atoms with E-state index in [9.17, 15) is 4.79 Å². The molecule has 0 unspecified atom stereocenters. The zero-order valence-electron chi connectivity index (χ0n) is 15.5. The van der Waals surface area contributed by atoms with Crippen LogP contribution >= 0.6 is 11.3 Å². The number of hydrogen-bond acceptors (Lipinski definition) is 4. The van der Waals surface area contributed by atoms with E-state index in [1.54, 1.807) is 35.6 Å². The average molecular weight is 395 g/mol. The normalized spacial score (nSPS) is 10.3. The van der Waals surface area contributed by atoms with Crippen molar-refractivity contribution in [3.05, 3.63) is 101 Å². The molecular weight excluding hydrogens is 378 g/mol. The molecule has 4 nitrogen and oxygen atoms in total. The van der Waals surface area contributed by atoms with E-state index in [4.69, 9.17) is 10.2 Å². The fraction of sp³-hybridized carbons (Fsp3) is 0.0417. The summed E-state index contributed by atoms with van der Waals surface area (Å²) in [5, 5.41) is 14.9. The van der Waals surface area contributed by atoms with E-state index in [1.807, 2.05) is 60.7 Å². The highest BCUT2D eigenvalue weighted by atomic mass is 32.1. The van der Waals surface area contributed by atoms with E-state index in [1.165, 1.54) is 0 Å². The fourth-order valence-electron chi connectivity index (χ4n) is 2.98. The zero-order chi connectivity index (χ0) is 20.1. The highest BCUT2D eigenvalue weighted by Gasteiger charge is 2.09. The van der Waals surface area contributed by atoms with E-state index in [-0.39, 0.29) is 5.91 Å². The van der Waals surface area contributed by atoms with Crippen LogP contribution in [-0.2, 0) is 6.54 Å². The molecule has 0 saturated heterocycles. The molecule has 4 aromatic rings. The lowest BCUT2D eigenvalue weighted by Crippen LogP contribution is -2.22. The van der Waals surface area contributed by atoms with Gasteiger partial charge in [0.25, 0.3) is 5.91 Å².